The van der Waals surface area contributed by atoms with E-state index in [-0.39, 0.29) is 18.7 Å². The fourth-order valence-corrected chi connectivity index (χ4v) is 5.35. The Morgan fingerprint density at radius 1 is 1.07 bits per heavy atom. The first-order chi connectivity index (χ1) is 14.7. The zero-order valence-corrected chi connectivity index (χ0v) is 17.7. The van der Waals surface area contributed by atoms with Gasteiger partial charge in [0.05, 0.1) is 10.6 Å². The maximum absolute atomic E-state index is 13.5. The van der Waals surface area contributed by atoms with E-state index < -0.39 is 0 Å². The quantitative estimate of drug-likeness (QED) is 0.607. The van der Waals surface area contributed by atoms with Gasteiger partial charge in [-0.05, 0) is 66.4 Å². The number of hydrogen-bond acceptors (Lipinski definition) is 5. The summed E-state index contributed by atoms with van der Waals surface area (Å²) in [5.74, 6) is 1.97. The molecule has 0 bridgehead atoms. The molecule has 1 aliphatic carbocycles. The van der Waals surface area contributed by atoms with Gasteiger partial charge in [-0.1, -0.05) is 44.0 Å². The number of benzene rings is 2. The molecule has 2 atom stereocenters. The number of hydrogen-bond donors (Lipinski definition) is 0. The van der Waals surface area contributed by atoms with Gasteiger partial charge in [0.1, 0.15) is 0 Å². The largest absolute Gasteiger partial charge is 0.454 e. The second-order valence-corrected chi connectivity index (χ2v) is 8.97. The summed E-state index contributed by atoms with van der Waals surface area (Å²) < 4.78 is 10.9. The van der Waals surface area contributed by atoms with Gasteiger partial charge in [0.2, 0.25) is 6.79 Å². The second kappa shape index (κ2) is 8.19. The van der Waals surface area contributed by atoms with Crippen LogP contribution in [0.3, 0.4) is 0 Å². The van der Waals surface area contributed by atoms with Gasteiger partial charge in [0.25, 0.3) is 5.91 Å². The lowest BCUT2D eigenvalue weighted by Gasteiger charge is -2.35. The Labute approximate surface area is 180 Å². The predicted octanol–water partition coefficient (Wildman–Crippen LogP) is 5.60. The van der Waals surface area contributed by atoms with Gasteiger partial charge in [-0.3, -0.25) is 9.69 Å². The summed E-state index contributed by atoms with van der Waals surface area (Å²) in [4.78, 5) is 21.0. The first-order valence-electron chi connectivity index (χ1n) is 10.5. The standard InChI is InChI=1S/C24H24N2O3S/c1-16-7-5-6-10-19(16)26-23(27)22(30-24(26)25-18-8-3-2-4-9-18)14-17-11-12-20-21(13-17)29-15-28-20/h2-4,8-9,11-14,16,19H,5-7,10,15H2,1H3/b22-14-,25-24?/t16-,19-/m1/s1. The molecule has 2 aromatic rings. The highest BCUT2D eigenvalue weighted by molar-refractivity contribution is 8.18. The Bertz CT molecular complexity index is 1020. The average molecular weight is 421 g/mol. The minimum absolute atomic E-state index is 0.0473. The van der Waals surface area contributed by atoms with E-state index in [0.29, 0.717) is 10.8 Å². The number of carbonyl (C=O) groups excluding carboxylic acids is 1. The van der Waals surface area contributed by atoms with E-state index in [1.165, 1.54) is 18.2 Å². The topological polar surface area (TPSA) is 51.1 Å². The van der Waals surface area contributed by atoms with Gasteiger partial charge < -0.3 is 9.47 Å². The molecule has 30 heavy (non-hydrogen) atoms. The van der Waals surface area contributed by atoms with E-state index in [2.05, 4.69) is 6.92 Å². The summed E-state index contributed by atoms with van der Waals surface area (Å²) >= 11 is 1.46. The molecule has 0 N–H and O–H groups in total. The molecule has 3 aliphatic rings. The van der Waals surface area contributed by atoms with Gasteiger partial charge >= 0.3 is 0 Å². The van der Waals surface area contributed by atoms with Crippen molar-refractivity contribution < 1.29 is 14.3 Å². The van der Waals surface area contributed by atoms with Gasteiger partial charge in [-0.25, -0.2) is 4.99 Å². The summed E-state index contributed by atoms with van der Waals surface area (Å²) in [5.41, 5.74) is 1.79. The Balaban J connectivity index is 1.51. The summed E-state index contributed by atoms with van der Waals surface area (Å²) in [5, 5.41) is 0.775. The molecule has 0 radical (unpaired) electrons. The molecule has 2 aliphatic heterocycles. The maximum Gasteiger partial charge on any atom is 0.267 e. The fraction of sp³-hybridized carbons (Fsp3) is 0.333. The SMILES string of the molecule is C[C@@H]1CCCC[C@H]1N1C(=O)/C(=C/c2ccc3c(c2)OCO3)SC1=Nc1ccccc1. The summed E-state index contributed by atoms with van der Waals surface area (Å²) in [7, 11) is 0. The molecule has 2 heterocycles. The number of rotatable bonds is 3. The van der Waals surface area contributed by atoms with Crippen molar-refractivity contribution in [2.45, 2.75) is 38.6 Å². The highest BCUT2D eigenvalue weighted by Gasteiger charge is 2.41. The zero-order chi connectivity index (χ0) is 20.5. The van der Waals surface area contributed by atoms with E-state index in [0.717, 1.165) is 47.2 Å². The zero-order valence-electron chi connectivity index (χ0n) is 16.9. The first kappa shape index (κ1) is 19.2. The Kier molecular flexibility index (Phi) is 5.25. The van der Waals surface area contributed by atoms with Crippen LogP contribution in [0.15, 0.2) is 58.4 Å². The predicted molar refractivity (Wildman–Crippen MR) is 120 cm³/mol. The smallest absolute Gasteiger partial charge is 0.267 e. The van der Waals surface area contributed by atoms with Crippen molar-refractivity contribution in [1.82, 2.24) is 4.90 Å². The molecule has 0 spiro atoms. The Hall–Kier alpha value is -2.73. The maximum atomic E-state index is 13.5. The highest BCUT2D eigenvalue weighted by atomic mass is 32.2. The number of amidine groups is 1. The van der Waals surface area contributed by atoms with Crippen molar-refractivity contribution in [2.24, 2.45) is 10.9 Å². The van der Waals surface area contributed by atoms with Crippen LogP contribution < -0.4 is 9.47 Å². The minimum Gasteiger partial charge on any atom is -0.454 e. The number of ether oxygens (including phenoxy) is 2. The summed E-state index contributed by atoms with van der Waals surface area (Å²) in [6, 6.07) is 15.8. The van der Waals surface area contributed by atoms with Crippen LogP contribution in [-0.4, -0.2) is 28.8 Å². The molecular weight excluding hydrogens is 396 g/mol. The average Bonchev–Trinajstić information content (AvgIpc) is 3.34. The van der Waals surface area contributed by atoms with Crippen LogP contribution in [0.25, 0.3) is 6.08 Å². The third-order valence-corrected chi connectivity index (χ3v) is 6.89. The molecule has 5 nitrogen and oxygen atoms in total. The van der Waals surface area contributed by atoms with Gasteiger partial charge in [-0.2, -0.15) is 0 Å². The monoisotopic (exact) mass is 420 g/mol. The van der Waals surface area contributed by atoms with Gasteiger partial charge in [-0.15, -0.1) is 0 Å². The number of amides is 1. The number of nitrogens with zero attached hydrogens (tertiary/aromatic N) is 2. The first-order valence-corrected chi connectivity index (χ1v) is 11.3. The second-order valence-electron chi connectivity index (χ2n) is 7.96. The molecule has 2 fully saturated rings. The van der Waals surface area contributed by atoms with Crippen LogP contribution in [0, 0.1) is 5.92 Å². The van der Waals surface area contributed by atoms with Crippen molar-refractivity contribution in [3.05, 3.63) is 59.0 Å². The number of para-hydroxylation sites is 1. The molecule has 1 saturated carbocycles. The number of carbonyl (C=O) groups is 1. The normalized spacial score (nSPS) is 26.0. The van der Waals surface area contributed by atoms with Crippen molar-refractivity contribution in [2.75, 3.05) is 6.79 Å². The summed E-state index contributed by atoms with van der Waals surface area (Å²) in [6.07, 6.45) is 6.50. The lowest BCUT2D eigenvalue weighted by atomic mass is 9.85. The number of aliphatic imine (C=N–C) groups is 1. The number of fused-ring (bicyclic) bond motifs is 1. The molecule has 0 aromatic heterocycles. The molecular formula is C24H24N2O3S. The molecule has 154 valence electrons. The molecule has 2 aromatic carbocycles. The van der Waals surface area contributed by atoms with Crippen molar-refractivity contribution >= 4 is 34.6 Å². The van der Waals surface area contributed by atoms with Gasteiger partial charge in [0.15, 0.2) is 16.7 Å². The minimum atomic E-state index is 0.0473. The van der Waals surface area contributed by atoms with E-state index in [4.69, 9.17) is 14.5 Å². The number of thioether (sulfide) groups is 1. The molecule has 5 rings (SSSR count). The van der Waals surface area contributed by atoms with E-state index in [9.17, 15) is 4.79 Å². The molecule has 0 unspecified atom stereocenters. The van der Waals surface area contributed by atoms with E-state index in [1.54, 1.807) is 0 Å². The van der Waals surface area contributed by atoms with Crippen LogP contribution in [-0.2, 0) is 4.79 Å². The Morgan fingerprint density at radius 3 is 2.70 bits per heavy atom. The van der Waals surface area contributed by atoms with Crippen molar-refractivity contribution in [3.63, 3.8) is 0 Å². The van der Waals surface area contributed by atoms with Crippen LogP contribution >= 0.6 is 11.8 Å². The summed E-state index contributed by atoms with van der Waals surface area (Å²) in [6.45, 7) is 2.49. The lowest BCUT2D eigenvalue weighted by molar-refractivity contribution is -0.124. The molecule has 1 amide bonds. The highest BCUT2D eigenvalue weighted by Crippen LogP contribution is 2.41. The van der Waals surface area contributed by atoms with Crippen molar-refractivity contribution in [1.29, 1.82) is 0 Å². The molecule has 6 heteroatoms. The molecule has 1 saturated heterocycles. The van der Waals surface area contributed by atoms with E-state index >= 15 is 0 Å². The third-order valence-electron chi connectivity index (χ3n) is 5.91. The lowest BCUT2D eigenvalue weighted by Crippen LogP contribution is -2.44. The van der Waals surface area contributed by atoms with Crippen LogP contribution in [0.1, 0.15) is 38.2 Å². The fourth-order valence-electron chi connectivity index (χ4n) is 4.30. The van der Waals surface area contributed by atoms with Crippen LogP contribution in [0.5, 0.6) is 11.5 Å². The Morgan fingerprint density at radius 2 is 1.87 bits per heavy atom. The van der Waals surface area contributed by atoms with Gasteiger partial charge in [0, 0.05) is 6.04 Å². The van der Waals surface area contributed by atoms with E-state index in [1.807, 2.05) is 59.5 Å². The van der Waals surface area contributed by atoms with Crippen molar-refractivity contribution in [3.8, 4) is 11.5 Å². The van der Waals surface area contributed by atoms with Crippen LogP contribution in [0.2, 0.25) is 0 Å². The third kappa shape index (κ3) is 3.72. The van der Waals surface area contributed by atoms with Crippen LogP contribution in [0.4, 0.5) is 5.69 Å².